The Bertz CT molecular complexity index is 459. The fraction of sp³-hybridized carbons (Fsp3) is 0.688. The summed E-state index contributed by atoms with van der Waals surface area (Å²) in [5.41, 5.74) is 0. The van der Waals surface area contributed by atoms with Crippen LogP contribution < -0.4 is 5.32 Å². The molecule has 0 bridgehead atoms. The van der Waals surface area contributed by atoms with E-state index in [9.17, 15) is 0 Å². The quantitative estimate of drug-likeness (QED) is 0.649. The van der Waals surface area contributed by atoms with Crippen molar-refractivity contribution in [3.8, 4) is 0 Å². The molecule has 124 valence electrons. The molecule has 1 unspecified atom stereocenters. The van der Waals surface area contributed by atoms with Crippen LogP contribution in [0.1, 0.15) is 4.88 Å². The molecule has 1 aromatic rings. The van der Waals surface area contributed by atoms with Gasteiger partial charge in [0, 0.05) is 57.7 Å². The average molecular weight is 324 g/mol. The smallest absolute Gasteiger partial charge is 0.193 e. The van der Waals surface area contributed by atoms with Gasteiger partial charge in [-0.3, -0.25) is 9.89 Å². The predicted molar refractivity (Wildman–Crippen MR) is 95.9 cm³/mol. The molecule has 5 nitrogen and oxygen atoms in total. The van der Waals surface area contributed by atoms with Gasteiger partial charge in [-0.15, -0.1) is 11.3 Å². The minimum absolute atomic E-state index is 0.543. The van der Waals surface area contributed by atoms with E-state index in [0.717, 1.165) is 45.1 Å². The second-order valence-electron chi connectivity index (χ2n) is 6.08. The maximum Gasteiger partial charge on any atom is 0.193 e. The molecule has 1 aromatic heterocycles. The lowest BCUT2D eigenvalue weighted by atomic mass is 10.2. The molecule has 2 rings (SSSR count). The number of thiophene rings is 1. The number of likely N-dealkylation sites (N-methyl/N-ethyl adjacent to an activating group) is 3. The first kappa shape index (κ1) is 17.2. The van der Waals surface area contributed by atoms with Crippen molar-refractivity contribution in [1.82, 2.24) is 20.0 Å². The Morgan fingerprint density at radius 1 is 1.45 bits per heavy atom. The number of piperazine rings is 1. The summed E-state index contributed by atoms with van der Waals surface area (Å²) >= 11 is 1.82. The van der Waals surface area contributed by atoms with Crippen molar-refractivity contribution in [3.63, 3.8) is 0 Å². The van der Waals surface area contributed by atoms with E-state index in [1.54, 1.807) is 0 Å². The van der Waals surface area contributed by atoms with E-state index >= 15 is 0 Å². The fourth-order valence-electron chi connectivity index (χ4n) is 2.75. The minimum Gasteiger partial charge on any atom is -0.355 e. The van der Waals surface area contributed by atoms with Crippen LogP contribution in [-0.2, 0) is 6.42 Å². The van der Waals surface area contributed by atoms with Gasteiger partial charge in [0.2, 0.25) is 0 Å². The topological polar surface area (TPSA) is 34.1 Å². The Balaban J connectivity index is 1.78. The zero-order valence-corrected chi connectivity index (χ0v) is 15.1. The number of nitrogens with zero attached hydrogens (tertiary/aromatic N) is 4. The molecule has 0 aliphatic carbocycles. The van der Waals surface area contributed by atoms with E-state index in [-0.39, 0.29) is 0 Å². The Morgan fingerprint density at radius 3 is 2.95 bits per heavy atom. The van der Waals surface area contributed by atoms with Gasteiger partial charge in [0.05, 0.1) is 0 Å². The van der Waals surface area contributed by atoms with Gasteiger partial charge in [0.15, 0.2) is 5.96 Å². The standard InChI is InChI=1S/C16H29N5S/c1-17-16(21(4)8-7-15-6-5-11-22-15)18-12-14-13-19(2)9-10-20(14)3/h5-6,11,14H,7-10,12-13H2,1-4H3,(H,17,18). The highest BCUT2D eigenvalue weighted by Crippen LogP contribution is 2.09. The van der Waals surface area contributed by atoms with Gasteiger partial charge in [-0.2, -0.15) is 0 Å². The summed E-state index contributed by atoms with van der Waals surface area (Å²) in [6.45, 7) is 5.33. The number of hydrogen-bond donors (Lipinski definition) is 1. The first-order valence-electron chi connectivity index (χ1n) is 7.93. The molecule has 2 heterocycles. The summed E-state index contributed by atoms with van der Waals surface area (Å²) in [4.78, 5) is 12.9. The van der Waals surface area contributed by atoms with E-state index < -0.39 is 0 Å². The molecule has 6 heteroatoms. The maximum atomic E-state index is 4.42. The van der Waals surface area contributed by atoms with Crippen LogP contribution in [-0.4, -0.2) is 87.6 Å². The Hall–Kier alpha value is -1.11. The molecule has 0 amide bonds. The minimum atomic E-state index is 0.543. The highest BCUT2D eigenvalue weighted by atomic mass is 32.1. The van der Waals surface area contributed by atoms with Crippen molar-refractivity contribution in [2.75, 3.05) is 60.9 Å². The van der Waals surface area contributed by atoms with Crippen LogP contribution in [0.5, 0.6) is 0 Å². The zero-order chi connectivity index (χ0) is 15.9. The molecular weight excluding hydrogens is 294 g/mol. The first-order chi connectivity index (χ1) is 10.6. The Morgan fingerprint density at radius 2 is 2.27 bits per heavy atom. The molecule has 0 saturated carbocycles. The summed E-state index contributed by atoms with van der Waals surface area (Å²) in [6, 6.07) is 4.85. The third kappa shape index (κ3) is 4.97. The summed E-state index contributed by atoms with van der Waals surface area (Å²) in [7, 11) is 8.38. The van der Waals surface area contributed by atoms with Gasteiger partial charge in [-0.25, -0.2) is 0 Å². The molecular formula is C16H29N5S. The lowest BCUT2D eigenvalue weighted by molar-refractivity contribution is 0.116. The van der Waals surface area contributed by atoms with Crippen LogP contribution in [0.2, 0.25) is 0 Å². The van der Waals surface area contributed by atoms with Crippen molar-refractivity contribution < 1.29 is 0 Å². The van der Waals surface area contributed by atoms with Crippen LogP contribution in [0.25, 0.3) is 0 Å². The first-order valence-corrected chi connectivity index (χ1v) is 8.81. The maximum absolute atomic E-state index is 4.42. The number of rotatable bonds is 5. The molecule has 22 heavy (non-hydrogen) atoms. The monoisotopic (exact) mass is 323 g/mol. The fourth-order valence-corrected chi connectivity index (χ4v) is 3.45. The van der Waals surface area contributed by atoms with Crippen molar-refractivity contribution in [1.29, 1.82) is 0 Å². The van der Waals surface area contributed by atoms with Gasteiger partial charge in [-0.1, -0.05) is 6.07 Å². The highest BCUT2D eigenvalue weighted by Gasteiger charge is 2.22. The number of guanidine groups is 1. The van der Waals surface area contributed by atoms with Crippen LogP contribution >= 0.6 is 11.3 Å². The zero-order valence-electron chi connectivity index (χ0n) is 14.2. The second kappa shape index (κ2) is 8.50. The SMILES string of the molecule is CN=C(NCC1CN(C)CCN1C)N(C)CCc1cccs1. The van der Waals surface area contributed by atoms with Gasteiger partial charge >= 0.3 is 0 Å². The lowest BCUT2D eigenvalue weighted by Gasteiger charge is -2.38. The van der Waals surface area contributed by atoms with Crippen molar-refractivity contribution in [2.45, 2.75) is 12.5 Å². The molecule has 0 radical (unpaired) electrons. The van der Waals surface area contributed by atoms with Gasteiger partial charge in [-0.05, 0) is 32.0 Å². The van der Waals surface area contributed by atoms with Gasteiger partial charge in [0.1, 0.15) is 0 Å². The number of aliphatic imine (C=N–C) groups is 1. The van der Waals surface area contributed by atoms with Crippen LogP contribution in [0.3, 0.4) is 0 Å². The number of hydrogen-bond acceptors (Lipinski definition) is 4. The van der Waals surface area contributed by atoms with Crippen LogP contribution in [0.15, 0.2) is 22.5 Å². The Labute approximate surface area is 138 Å². The van der Waals surface area contributed by atoms with Gasteiger partial charge < -0.3 is 15.1 Å². The van der Waals surface area contributed by atoms with Crippen LogP contribution in [0.4, 0.5) is 0 Å². The summed E-state index contributed by atoms with van der Waals surface area (Å²) in [6.07, 6.45) is 1.07. The van der Waals surface area contributed by atoms with E-state index in [1.807, 2.05) is 18.4 Å². The third-order valence-corrected chi connectivity index (χ3v) is 5.26. The molecule has 0 aromatic carbocycles. The summed E-state index contributed by atoms with van der Waals surface area (Å²) in [5.74, 6) is 0.984. The van der Waals surface area contributed by atoms with Crippen molar-refractivity contribution >= 4 is 17.3 Å². The van der Waals surface area contributed by atoms with Crippen molar-refractivity contribution in [2.24, 2.45) is 4.99 Å². The van der Waals surface area contributed by atoms with Crippen LogP contribution in [0, 0.1) is 0 Å². The largest absolute Gasteiger partial charge is 0.355 e. The molecule has 1 N–H and O–H groups in total. The predicted octanol–water partition coefficient (Wildman–Crippen LogP) is 1.04. The highest BCUT2D eigenvalue weighted by molar-refractivity contribution is 7.09. The molecule has 1 fully saturated rings. The molecule has 1 saturated heterocycles. The lowest BCUT2D eigenvalue weighted by Crippen LogP contribution is -2.55. The molecule has 1 aliphatic heterocycles. The van der Waals surface area contributed by atoms with E-state index in [1.165, 1.54) is 4.88 Å². The molecule has 1 aliphatic rings. The summed E-state index contributed by atoms with van der Waals surface area (Å²) in [5, 5.41) is 5.67. The second-order valence-corrected chi connectivity index (χ2v) is 7.11. The molecule has 0 spiro atoms. The third-order valence-electron chi connectivity index (χ3n) is 4.32. The molecule has 1 atom stereocenters. The average Bonchev–Trinajstić information content (AvgIpc) is 3.02. The van der Waals surface area contributed by atoms with Crippen molar-refractivity contribution in [3.05, 3.63) is 22.4 Å². The van der Waals surface area contributed by atoms with E-state index in [2.05, 4.69) is 63.7 Å². The number of nitrogens with one attached hydrogen (secondary N) is 1. The van der Waals surface area contributed by atoms with Gasteiger partial charge in [0.25, 0.3) is 0 Å². The van der Waals surface area contributed by atoms with E-state index in [4.69, 9.17) is 0 Å². The normalized spacial score (nSPS) is 21.1. The van der Waals surface area contributed by atoms with E-state index in [0.29, 0.717) is 6.04 Å². The Kier molecular flexibility index (Phi) is 6.67. The summed E-state index contributed by atoms with van der Waals surface area (Å²) < 4.78 is 0.